The van der Waals surface area contributed by atoms with E-state index in [4.69, 9.17) is 14.2 Å². The third kappa shape index (κ3) is 53.8. The minimum Gasteiger partial charge on any atom is -0.462 e. The molecule has 68 heavy (non-hydrogen) atoms. The fraction of sp³-hybridized carbons (Fsp3) is 0.952. The van der Waals surface area contributed by atoms with E-state index in [2.05, 4.69) is 41.5 Å². The molecule has 6 heteroatoms. The second kappa shape index (κ2) is 53.2. The summed E-state index contributed by atoms with van der Waals surface area (Å²) < 4.78 is 16.9. The number of unbranched alkanes of at least 4 members (excludes halogenated alkanes) is 37. The molecule has 0 spiro atoms. The Labute approximate surface area is 425 Å². The second-order valence-electron chi connectivity index (χ2n) is 22.5. The van der Waals surface area contributed by atoms with Gasteiger partial charge in [0, 0.05) is 19.3 Å². The van der Waals surface area contributed by atoms with E-state index in [1.54, 1.807) is 0 Å². The summed E-state index contributed by atoms with van der Waals surface area (Å²) in [6.45, 7) is 13.8. The van der Waals surface area contributed by atoms with Crippen molar-refractivity contribution in [2.75, 3.05) is 13.2 Å². The van der Waals surface area contributed by atoms with Crippen molar-refractivity contribution in [2.45, 2.75) is 349 Å². The van der Waals surface area contributed by atoms with Gasteiger partial charge in [0.25, 0.3) is 0 Å². The second-order valence-corrected chi connectivity index (χ2v) is 22.5. The Bertz CT molecular complexity index is 1060. The van der Waals surface area contributed by atoms with Crippen LogP contribution in [0.15, 0.2) is 0 Å². The largest absolute Gasteiger partial charge is 0.462 e. The van der Waals surface area contributed by atoms with E-state index in [0.29, 0.717) is 19.3 Å². The molecule has 0 aromatic rings. The van der Waals surface area contributed by atoms with Gasteiger partial charge in [0.05, 0.1) is 0 Å². The smallest absolute Gasteiger partial charge is 0.306 e. The minimum absolute atomic E-state index is 0.0630. The molecule has 0 saturated carbocycles. The third-order valence-electron chi connectivity index (χ3n) is 14.5. The van der Waals surface area contributed by atoms with E-state index < -0.39 is 6.10 Å². The summed E-state index contributed by atoms with van der Waals surface area (Å²) in [5.41, 5.74) is 0. The summed E-state index contributed by atoms with van der Waals surface area (Å²) in [6.07, 6.45) is 56.6. The van der Waals surface area contributed by atoms with Gasteiger partial charge in [-0.3, -0.25) is 14.4 Å². The van der Waals surface area contributed by atoms with Crippen molar-refractivity contribution < 1.29 is 28.6 Å². The maximum atomic E-state index is 12.9. The molecule has 0 aliphatic heterocycles. The number of carbonyl (C=O) groups excluding carboxylic acids is 3. The first kappa shape index (κ1) is 66.4. The molecule has 0 amide bonds. The molecule has 0 saturated heterocycles. The molecule has 0 rings (SSSR count). The Morgan fingerprint density at radius 2 is 0.515 bits per heavy atom. The predicted molar refractivity (Wildman–Crippen MR) is 293 cm³/mol. The molecule has 0 aromatic carbocycles. The van der Waals surface area contributed by atoms with Crippen LogP contribution in [0.2, 0.25) is 0 Å². The van der Waals surface area contributed by atoms with Gasteiger partial charge in [-0.1, -0.05) is 305 Å². The highest BCUT2D eigenvalue weighted by atomic mass is 16.6. The lowest BCUT2D eigenvalue weighted by atomic mass is 9.99. The summed E-state index contributed by atoms with van der Waals surface area (Å²) >= 11 is 0. The molecule has 6 nitrogen and oxygen atoms in total. The van der Waals surface area contributed by atoms with Gasteiger partial charge >= 0.3 is 17.9 Å². The first-order valence-electron chi connectivity index (χ1n) is 30.6. The summed E-state index contributed by atoms with van der Waals surface area (Å²) in [5.74, 6) is 1.73. The van der Waals surface area contributed by atoms with E-state index in [1.807, 2.05) is 0 Å². The Morgan fingerprint density at radius 1 is 0.294 bits per heavy atom. The van der Waals surface area contributed by atoms with Crippen LogP contribution in [-0.2, 0) is 28.6 Å². The van der Waals surface area contributed by atoms with Crippen molar-refractivity contribution >= 4 is 17.9 Å². The van der Waals surface area contributed by atoms with E-state index in [1.165, 1.54) is 225 Å². The lowest BCUT2D eigenvalue weighted by Crippen LogP contribution is -2.30. The SMILES string of the molecule is CCC(C)CCCCCCCCCCCCCCCCC(=O)OC[C@H](COC(=O)CCCCCCCCCCCCCCC(C)C)OC(=O)CCCCCCCCCCCCCCCCC(C)C. The normalized spacial score (nSPS) is 12.5. The standard InChI is InChI=1S/C62H120O6/c1-7-58(6)50-44-38-32-26-20-13-9-11-14-21-27-33-39-45-51-60(63)66-54-59(55-67-61(64)52-46-40-34-28-22-17-16-19-25-31-37-43-49-57(4)5)68-62(65)53-47-41-35-29-23-15-10-8-12-18-24-30-36-42-48-56(2)3/h56-59H,7-55H2,1-6H3/t58?,59-/m1/s1. The van der Waals surface area contributed by atoms with Gasteiger partial charge in [0.2, 0.25) is 0 Å². The number of esters is 3. The summed E-state index contributed by atoms with van der Waals surface area (Å²) in [5, 5.41) is 0. The average Bonchev–Trinajstić information content (AvgIpc) is 3.31. The number of carbonyl (C=O) groups is 3. The van der Waals surface area contributed by atoms with Gasteiger partial charge < -0.3 is 14.2 Å². The lowest BCUT2D eigenvalue weighted by molar-refractivity contribution is -0.167. The zero-order valence-corrected chi connectivity index (χ0v) is 46.9. The third-order valence-corrected chi connectivity index (χ3v) is 14.5. The Balaban J connectivity index is 4.30. The van der Waals surface area contributed by atoms with Crippen LogP contribution in [0, 0.1) is 17.8 Å². The van der Waals surface area contributed by atoms with Crippen molar-refractivity contribution in [1.82, 2.24) is 0 Å². The van der Waals surface area contributed by atoms with Crippen LogP contribution in [0.1, 0.15) is 343 Å². The molecule has 0 bridgehead atoms. The number of rotatable bonds is 55. The number of hydrogen-bond donors (Lipinski definition) is 0. The molecular formula is C62H120O6. The topological polar surface area (TPSA) is 78.9 Å². The highest BCUT2D eigenvalue weighted by Crippen LogP contribution is 2.19. The first-order valence-corrected chi connectivity index (χ1v) is 30.6. The number of hydrogen-bond acceptors (Lipinski definition) is 6. The molecule has 0 aliphatic carbocycles. The van der Waals surface area contributed by atoms with Crippen molar-refractivity contribution in [1.29, 1.82) is 0 Å². The van der Waals surface area contributed by atoms with Gasteiger partial charge in [-0.25, -0.2) is 0 Å². The highest BCUT2D eigenvalue weighted by Gasteiger charge is 2.19. The van der Waals surface area contributed by atoms with E-state index >= 15 is 0 Å². The molecule has 404 valence electrons. The maximum absolute atomic E-state index is 12.9. The Morgan fingerprint density at radius 3 is 0.765 bits per heavy atom. The first-order chi connectivity index (χ1) is 33.1. The van der Waals surface area contributed by atoms with Crippen LogP contribution in [0.3, 0.4) is 0 Å². The van der Waals surface area contributed by atoms with Crippen LogP contribution >= 0.6 is 0 Å². The maximum Gasteiger partial charge on any atom is 0.306 e. The van der Waals surface area contributed by atoms with Crippen LogP contribution in [0.5, 0.6) is 0 Å². The van der Waals surface area contributed by atoms with Gasteiger partial charge in [0.15, 0.2) is 6.10 Å². The molecule has 0 N–H and O–H groups in total. The van der Waals surface area contributed by atoms with E-state index in [0.717, 1.165) is 75.5 Å². The molecular weight excluding hydrogens is 841 g/mol. The fourth-order valence-electron chi connectivity index (χ4n) is 9.50. The van der Waals surface area contributed by atoms with Crippen molar-refractivity contribution in [3.63, 3.8) is 0 Å². The van der Waals surface area contributed by atoms with Crippen molar-refractivity contribution in [3.05, 3.63) is 0 Å². The summed E-state index contributed by atoms with van der Waals surface area (Å²) in [4.78, 5) is 38.2. The number of ether oxygens (including phenoxy) is 3. The molecule has 2 atom stereocenters. The van der Waals surface area contributed by atoms with Crippen LogP contribution in [0.25, 0.3) is 0 Å². The fourth-order valence-corrected chi connectivity index (χ4v) is 9.50. The quantitative estimate of drug-likeness (QED) is 0.0343. The van der Waals surface area contributed by atoms with Gasteiger partial charge in [-0.15, -0.1) is 0 Å². The minimum atomic E-state index is -0.764. The van der Waals surface area contributed by atoms with E-state index in [-0.39, 0.29) is 31.1 Å². The Hall–Kier alpha value is -1.59. The van der Waals surface area contributed by atoms with Crippen molar-refractivity contribution in [2.24, 2.45) is 17.8 Å². The Kier molecular flexibility index (Phi) is 52.0. The molecule has 0 aromatic heterocycles. The highest BCUT2D eigenvalue weighted by molar-refractivity contribution is 5.71. The van der Waals surface area contributed by atoms with Gasteiger partial charge in [-0.05, 0) is 37.0 Å². The predicted octanol–water partition coefficient (Wildman–Crippen LogP) is 20.3. The van der Waals surface area contributed by atoms with Gasteiger partial charge in [0.1, 0.15) is 13.2 Å². The lowest BCUT2D eigenvalue weighted by Gasteiger charge is -2.18. The van der Waals surface area contributed by atoms with Crippen LogP contribution in [0.4, 0.5) is 0 Å². The summed E-state index contributed by atoms with van der Waals surface area (Å²) in [6, 6.07) is 0. The van der Waals surface area contributed by atoms with Gasteiger partial charge in [-0.2, -0.15) is 0 Å². The van der Waals surface area contributed by atoms with Crippen molar-refractivity contribution in [3.8, 4) is 0 Å². The average molecular weight is 962 g/mol. The summed E-state index contributed by atoms with van der Waals surface area (Å²) in [7, 11) is 0. The molecule has 0 heterocycles. The molecule has 0 aliphatic rings. The van der Waals surface area contributed by atoms with E-state index in [9.17, 15) is 14.4 Å². The molecule has 0 fully saturated rings. The molecule has 1 unspecified atom stereocenters. The molecule has 0 radical (unpaired) electrons. The van der Waals surface area contributed by atoms with Crippen LogP contribution < -0.4 is 0 Å². The zero-order chi connectivity index (χ0) is 49.8. The van der Waals surface area contributed by atoms with Crippen LogP contribution in [-0.4, -0.2) is 37.2 Å². The monoisotopic (exact) mass is 961 g/mol. The zero-order valence-electron chi connectivity index (χ0n) is 46.9.